The van der Waals surface area contributed by atoms with E-state index in [9.17, 15) is 39.9 Å². The molecule has 0 aromatic heterocycles. The van der Waals surface area contributed by atoms with Crippen LogP contribution in [-0.4, -0.2) is 101 Å². The maximum absolute atomic E-state index is 12.7. The van der Waals surface area contributed by atoms with Crippen molar-refractivity contribution in [2.24, 2.45) is 5.92 Å². The Morgan fingerprint density at radius 1 is 1.00 bits per heavy atom. The molecule has 218 valence electrons. The highest BCUT2D eigenvalue weighted by molar-refractivity contribution is 5.95. The van der Waals surface area contributed by atoms with Gasteiger partial charge in [-0.1, -0.05) is 24.3 Å². The van der Waals surface area contributed by atoms with Crippen LogP contribution in [0.5, 0.6) is 5.75 Å². The van der Waals surface area contributed by atoms with Crippen molar-refractivity contribution in [1.29, 1.82) is 0 Å². The van der Waals surface area contributed by atoms with E-state index in [4.69, 9.17) is 23.7 Å². The molecule has 13 nitrogen and oxygen atoms in total. The van der Waals surface area contributed by atoms with E-state index in [1.54, 1.807) is 12.1 Å². The van der Waals surface area contributed by atoms with Crippen molar-refractivity contribution in [1.82, 2.24) is 0 Å². The molecule has 7 atom stereocenters. The second kappa shape index (κ2) is 14.2. The zero-order valence-electron chi connectivity index (χ0n) is 21.8. The Labute approximate surface area is 229 Å². The molecule has 2 heterocycles. The summed E-state index contributed by atoms with van der Waals surface area (Å²) in [6.07, 6.45) is -4.78. The minimum absolute atomic E-state index is 0.0695. The molecule has 1 saturated heterocycles. The fraction of sp³-hybridized carbons (Fsp3) is 0.444. The molecule has 5 N–H and O–H groups in total. The summed E-state index contributed by atoms with van der Waals surface area (Å²) in [6, 6.07) is 6.14. The predicted octanol–water partition coefficient (Wildman–Crippen LogP) is -0.300. The first kappa shape index (κ1) is 30.9. The Morgan fingerprint density at radius 3 is 2.33 bits per heavy atom. The lowest BCUT2D eigenvalue weighted by atomic mass is 9.85. The van der Waals surface area contributed by atoms with Gasteiger partial charge in [0.1, 0.15) is 30.2 Å². The van der Waals surface area contributed by atoms with E-state index in [0.717, 1.165) is 20.5 Å². The summed E-state index contributed by atoms with van der Waals surface area (Å²) >= 11 is 0. The van der Waals surface area contributed by atoms with E-state index in [1.807, 2.05) is 0 Å². The minimum atomic E-state index is -1.76. The fourth-order valence-corrected chi connectivity index (χ4v) is 4.14. The summed E-state index contributed by atoms with van der Waals surface area (Å²) in [4.78, 5) is 37.4. The van der Waals surface area contributed by atoms with Gasteiger partial charge in [-0.3, -0.25) is 9.59 Å². The Hall–Kier alpha value is -3.59. The SMILES string of the molecule is COC(=O)C[C@@H]1C(C(=O)OC)=CO[C@@H](O[C@@H]2O[C@H](CO)[C@@H](O)[C@H](O)[C@H]2O)/C1=C/CC(=O)/C=C/c1ccc(O)cc1. The van der Waals surface area contributed by atoms with Crippen molar-refractivity contribution in [2.75, 3.05) is 20.8 Å². The third-order valence-corrected chi connectivity index (χ3v) is 6.39. The number of phenols is 1. The van der Waals surface area contributed by atoms with Crippen LogP contribution in [0.25, 0.3) is 6.08 Å². The average molecular weight is 565 g/mol. The number of aliphatic hydroxyl groups excluding tert-OH is 4. The van der Waals surface area contributed by atoms with E-state index in [2.05, 4.69) is 0 Å². The molecule has 1 aromatic rings. The quantitative estimate of drug-likeness (QED) is 0.141. The van der Waals surface area contributed by atoms with E-state index >= 15 is 0 Å². The van der Waals surface area contributed by atoms with Gasteiger partial charge in [0.25, 0.3) is 0 Å². The van der Waals surface area contributed by atoms with Crippen LogP contribution in [0.2, 0.25) is 0 Å². The van der Waals surface area contributed by atoms with Gasteiger partial charge in [-0.05, 0) is 23.8 Å². The molecule has 0 spiro atoms. The van der Waals surface area contributed by atoms with Gasteiger partial charge in [0.15, 0.2) is 12.1 Å². The van der Waals surface area contributed by atoms with Crippen LogP contribution in [0, 0.1) is 5.92 Å². The van der Waals surface area contributed by atoms with Crippen LogP contribution in [0.1, 0.15) is 18.4 Å². The smallest absolute Gasteiger partial charge is 0.337 e. The van der Waals surface area contributed by atoms with Gasteiger partial charge in [0.2, 0.25) is 6.29 Å². The van der Waals surface area contributed by atoms with E-state index in [0.29, 0.717) is 5.56 Å². The lowest BCUT2D eigenvalue weighted by molar-refractivity contribution is -0.327. The number of allylic oxidation sites excluding steroid dienone is 2. The summed E-state index contributed by atoms with van der Waals surface area (Å²) in [5.41, 5.74) is 0.708. The fourth-order valence-electron chi connectivity index (χ4n) is 4.14. The van der Waals surface area contributed by atoms with Crippen LogP contribution in [0.15, 0.2) is 53.8 Å². The Morgan fingerprint density at radius 2 is 1.70 bits per heavy atom. The lowest BCUT2D eigenvalue weighted by Gasteiger charge is -2.42. The van der Waals surface area contributed by atoms with E-state index in [1.165, 1.54) is 30.4 Å². The molecule has 0 unspecified atom stereocenters. The summed E-state index contributed by atoms with van der Waals surface area (Å²) in [5, 5.41) is 49.5. The number of benzene rings is 1. The largest absolute Gasteiger partial charge is 0.508 e. The number of ether oxygens (including phenoxy) is 5. The first-order valence-electron chi connectivity index (χ1n) is 12.3. The van der Waals surface area contributed by atoms with Crippen molar-refractivity contribution in [3.05, 3.63) is 59.4 Å². The number of phenolic OH excluding ortho intramolecular Hbond substituents is 1. The highest BCUT2D eigenvalue weighted by Gasteiger charge is 2.47. The minimum Gasteiger partial charge on any atom is -0.508 e. The molecule has 2 aliphatic heterocycles. The van der Waals surface area contributed by atoms with Crippen LogP contribution >= 0.6 is 0 Å². The number of esters is 2. The Kier molecular flexibility index (Phi) is 11.0. The summed E-state index contributed by atoms with van der Waals surface area (Å²) < 4.78 is 26.3. The molecule has 0 aliphatic carbocycles. The Balaban J connectivity index is 1.92. The number of hydrogen-bond donors (Lipinski definition) is 5. The molecule has 13 heteroatoms. The van der Waals surface area contributed by atoms with Crippen LogP contribution in [-0.2, 0) is 38.1 Å². The van der Waals surface area contributed by atoms with Crippen LogP contribution < -0.4 is 0 Å². The zero-order chi connectivity index (χ0) is 29.4. The number of ketones is 1. The molecular formula is C27H32O13. The highest BCUT2D eigenvalue weighted by Crippen LogP contribution is 2.36. The number of hydrogen-bond acceptors (Lipinski definition) is 13. The molecule has 2 aliphatic rings. The summed E-state index contributed by atoms with van der Waals surface area (Å²) in [7, 11) is 2.29. The molecular weight excluding hydrogens is 532 g/mol. The van der Waals surface area contributed by atoms with Crippen molar-refractivity contribution in [3.63, 3.8) is 0 Å². The van der Waals surface area contributed by atoms with Crippen molar-refractivity contribution >= 4 is 23.8 Å². The molecule has 3 rings (SSSR count). The molecule has 1 aromatic carbocycles. The highest BCUT2D eigenvalue weighted by atomic mass is 16.8. The van der Waals surface area contributed by atoms with Crippen LogP contribution in [0.4, 0.5) is 0 Å². The van der Waals surface area contributed by atoms with Gasteiger partial charge < -0.3 is 49.2 Å². The van der Waals surface area contributed by atoms with Gasteiger partial charge in [0.05, 0.1) is 39.1 Å². The van der Waals surface area contributed by atoms with Crippen LogP contribution in [0.3, 0.4) is 0 Å². The number of methoxy groups -OCH3 is 2. The maximum atomic E-state index is 12.7. The molecule has 0 amide bonds. The lowest BCUT2D eigenvalue weighted by Crippen LogP contribution is -2.60. The van der Waals surface area contributed by atoms with Crippen molar-refractivity contribution in [3.8, 4) is 5.75 Å². The number of carbonyl (C=O) groups excluding carboxylic acids is 3. The van der Waals surface area contributed by atoms with Gasteiger partial charge in [-0.15, -0.1) is 0 Å². The van der Waals surface area contributed by atoms with Gasteiger partial charge in [-0.2, -0.15) is 0 Å². The summed E-state index contributed by atoms with van der Waals surface area (Å²) in [6.45, 7) is -0.696. The van der Waals surface area contributed by atoms with Gasteiger partial charge in [-0.25, -0.2) is 4.79 Å². The molecule has 1 fully saturated rings. The number of carbonyl (C=O) groups is 3. The topological polar surface area (TPSA) is 199 Å². The first-order chi connectivity index (χ1) is 19.1. The molecule has 40 heavy (non-hydrogen) atoms. The third kappa shape index (κ3) is 7.53. The second-order valence-corrected chi connectivity index (χ2v) is 9.00. The van der Waals surface area contributed by atoms with Gasteiger partial charge >= 0.3 is 11.9 Å². The second-order valence-electron chi connectivity index (χ2n) is 9.00. The standard InChI is InChI=1S/C27H32O13/c1-36-21(31)11-18-17(10-9-16(30)8-5-14-3-6-15(29)7-4-14)26(38-13-19(18)25(35)37-2)40-27-24(34)23(33)22(32)20(12-28)39-27/h3-8,10,13,18,20,22-24,26-29,32-34H,9,11-12H2,1-2H3/b8-5+,17-10+/t18-,20+,22+,23-,24+,26-,27-/m0/s1. The monoisotopic (exact) mass is 564 g/mol. The average Bonchev–Trinajstić information content (AvgIpc) is 2.96. The molecule has 0 saturated carbocycles. The Bertz CT molecular complexity index is 1140. The van der Waals surface area contributed by atoms with Crippen molar-refractivity contribution < 1.29 is 63.6 Å². The van der Waals surface area contributed by atoms with Crippen molar-refractivity contribution in [2.45, 2.75) is 49.8 Å². The van der Waals surface area contributed by atoms with E-state index < -0.39 is 61.5 Å². The normalized spacial score (nSPS) is 29.5. The number of aromatic hydroxyl groups is 1. The first-order valence-corrected chi connectivity index (χ1v) is 12.3. The van der Waals surface area contributed by atoms with Gasteiger partial charge in [0, 0.05) is 17.9 Å². The predicted molar refractivity (Wildman–Crippen MR) is 135 cm³/mol. The van der Waals surface area contributed by atoms with E-state index in [-0.39, 0.29) is 35.5 Å². The number of aliphatic hydroxyl groups is 4. The maximum Gasteiger partial charge on any atom is 0.337 e. The molecule has 0 radical (unpaired) electrons. The third-order valence-electron chi connectivity index (χ3n) is 6.39. The molecule has 0 bridgehead atoms. The number of rotatable bonds is 10. The zero-order valence-corrected chi connectivity index (χ0v) is 21.8. The summed E-state index contributed by atoms with van der Waals surface area (Å²) in [5.74, 6) is -2.85.